The summed E-state index contributed by atoms with van der Waals surface area (Å²) in [6.07, 6.45) is 6.42. The van der Waals surface area contributed by atoms with Gasteiger partial charge >= 0.3 is 0 Å². The van der Waals surface area contributed by atoms with Gasteiger partial charge in [-0.05, 0) is 44.0 Å². The van der Waals surface area contributed by atoms with Crippen LogP contribution in [0.2, 0.25) is 0 Å². The normalized spacial score (nSPS) is 31.0. The molecule has 1 aromatic carbocycles. The summed E-state index contributed by atoms with van der Waals surface area (Å²) >= 11 is 0. The first-order valence-corrected chi connectivity index (χ1v) is 8.32. The van der Waals surface area contributed by atoms with Gasteiger partial charge in [-0.2, -0.15) is 0 Å². The maximum atomic E-state index is 4.57. The monoisotopic (exact) mass is 306 g/mol. The second-order valence-corrected chi connectivity index (χ2v) is 7.14. The van der Waals surface area contributed by atoms with Crippen molar-refractivity contribution in [1.29, 1.82) is 0 Å². The van der Waals surface area contributed by atoms with Crippen LogP contribution >= 0.6 is 0 Å². The lowest BCUT2D eigenvalue weighted by Crippen LogP contribution is -2.42. The molecule has 0 aliphatic heterocycles. The summed E-state index contributed by atoms with van der Waals surface area (Å²) in [4.78, 5) is 7.99. The van der Waals surface area contributed by atoms with Gasteiger partial charge < -0.3 is 4.98 Å². The number of aliphatic imine (C=N–C) groups is 1. The maximum Gasteiger partial charge on any atom is 0.0655 e. The minimum Gasteiger partial charge on any atom is -0.361 e. The molecule has 120 valence electrons. The van der Waals surface area contributed by atoms with Gasteiger partial charge in [-0.1, -0.05) is 43.4 Å². The molecule has 1 fully saturated rings. The number of rotatable bonds is 4. The second kappa shape index (κ2) is 5.84. The fourth-order valence-electron chi connectivity index (χ4n) is 4.28. The van der Waals surface area contributed by atoms with E-state index in [9.17, 15) is 0 Å². The second-order valence-electron chi connectivity index (χ2n) is 7.14. The summed E-state index contributed by atoms with van der Waals surface area (Å²) in [6, 6.07) is 8.60. The summed E-state index contributed by atoms with van der Waals surface area (Å²) in [7, 11) is 0. The fourth-order valence-corrected chi connectivity index (χ4v) is 4.28. The predicted molar refractivity (Wildman–Crippen MR) is 100 cm³/mol. The van der Waals surface area contributed by atoms with Crippen molar-refractivity contribution in [2.24, 2.45) is 16.3 Å². The number of aromatic nitrogens is 1. The molecule has 1 saturated carbocycles. The number of fused-ring (bicyclic) bond motifs is 1. The van der Waals surface area contributed by atoms with Crippen LogP contribution in [0, 0.1) is 11.3 Å². The fraction of sp³-hybridized carbons (Fsp3) is 0.381. The number of H-pyrrole nitrogens is 1. The standard InChI is InChI=1S/C21H26N2/c1-6-21(4)12-11-15(14(2)3)19(20(21)22-5)17-13-23-18-10-8-7-9-16(17)18/h6-10,13,15,19-20,23H,1-2,5,11-12H2,3-4H3/t15-,19+,20-,21-/m1/s1. The average Bonchev–Trinajstić information content (AvgIpc) is 2.97. The van der Waals surface area contributed by atoms with Crippen molar-refractivity contribution in [2.75, 3.05) is 0 Å². The Bertz CT molecular complexity index is 754. The van der Waals surface area contributed by atoms with Gasteiger partial charge in [0, 0.05) is 28.4 Å². The first kappa shape index (κ1) is 15.8. The zero-order chi connectivity index (χ0) is 16.6. The molecule has 2 aromatic rings. The highest BCUT2D eigenvalue weighted by Crippen LogP contribution is 2.52. The number of hydrogen-bond donors (Lipinski definition) is 1. The highest BCUT2D eigenvalue weighted by atomic mass is 14.8. The Kier molecular flexibility index (Phi) is 4.01. The van der Waals surface area contributed by atoms with Gasteiger partial charge in [0.2, 0.25) is 0 Å². The predicted octanol–water partition coefficient (Wildman–Crippen LogP) is 5.50. The number of allylic oxidation sites excluding steroid dienone is 1. The molecular weight excluding hydrogens is 280 g/mol. The van der Waals surface area contributed by atoms with Gasteiger partial charge in [-0.25, -0.2) is 0 Å². The van der Waals surface area contributed by atoms with E-state index in [4.69, 9.17) is 0 Å². The third-order valence-corrected chi connectivity index (χ3v) is 5.72. The molecule has 0 radical (unpaired) electrons. The Morgan fingerprint density at radius 1 is 1.39 bits per heavy atom. The molecule has 2 nitrogen and oxygen atoms in total. The number of hydrogen-bond acceptors (Lipinski definition) is 1. The van der Waals surface area contributed by atoms with Crippen LogP contribution in [0.1, 0.15) is 38.2 Å². The molecule has 0 bridgehead atoms. The minimum atomic E-state index is -0.0171. The Morgan fingerprint density at radius 2 is 2.13 bits per heavy atom. The van der Waals surface area contributed by atoms with E-state index in [2.05, 4.69) is 80.2 Å². The summed E-state index contributed by atoms with van der Waals surface area (Å²) < 4.78 is 0. The summed E-state index contributed by atoms with van der Waals surface area (Å²) in [5.74, 6) is 0.718. The van der Waals surface area contributed by atoms with Crippen molar-refractivity contribution in [2.45, 2.75) is 38.6 Å². The van der Waals surface area contributed by atoms with Crippen LogP contribution < -0.4 is 0 Å². The van der Waals surface area contributed by atoms with E-state index >= 15 is 0 Å². The molecular formula is C21H26N2. The SMILES string of the molecule is C=C[C@]1(C)CC[C@H](C(=C)C)[C@@H](c2c[nH]c3ccccc23)[C@H]1N=C. The number of para-hydroxylation sites is 1. The van der Waals surface area contributed by atoms with E-state index in [1.807, 2.05) is 0 Å². The largest absolute Gasteiger partial charge is 0.361 e. The Labute approximate surface area is 139 Å². The lowest BCUT2D eigenvalue weighted by Gasteiger charge is -2.46. The number of nitrogens with zero attached hydrogens (tertiary/aromatic N) is 1. The molecule has 1 aromatic heterocycles. The molecule has 0 amide bonds. The van der Waals surface area contributed by atoms with Crippen molar-refractivity contribution in [3.63, 3.8) is 0 Å². The lowest BCUT2D eigenvalue weighted by atomic mass is 9.59. The molecule has 0 unspecified atom stereocenters. The number of aromatic amines is 1. The Balaban J connectivity index is 2.18. The molecule has 1 heterocycles. The summed E-state index contributed by atoms with van der Waals surface area (Å²) in [5, 5.41) is 1.28. The molecule has 1 N–H and O–H groups in total. The van der Waals surface area contributed by atoms with Gasteiger partial charge in [0.05, 0.1) is 6.04 Å². The first-order valence-electron chi connectivity index (χ1n) is 8.32. The zero-order valence-corrected chi connectivity index (χ0v) is 14.2. The molecule has 1 aliphatic carbocycles. The number of benzene rings is 1. The third kappa shape index (κ3) is 2.46. The van der Waals surface area contributed by atoms with Crippen LogP contribution in [0.3, 0.4) is 0 Å². The molecule has 3 rings (SSSR count). The van der Waals surface area contributed by atoms with Crippen molar-refractivity contribution in [3.05, 3.63) is 60.8 Å². The smallest absolute Gasteiger partial charge is 0.0655 e. The number of nitrogens with one attached hydrogen (secondary N) is 1. The van der Waals surface area contributed by atoms with Gasteiger partial charge in [0.1, 0.15) is 0 Å². The van der Waals surface area contributed by atoms with E-state index in [-0.39, 0.29) is 17.4 Å². The topological polar surface area (TPSA) is 28.1 Å². The Morgan fingerprint density at radius 3 is 2.78 bits per heavy atom. The van der Waals surface area contributed by atoms with Crippen LogP contribution in [-0.2, 0) is 0 Å². The van der Waals surface area contributed by atoms with Crippen molar-refractivity contribution in [1.82, 2.24) is 4.98 Å². The van der Waals surface area contributed by atoms with Crippen LogP contribution in [0.5, 0.6) is 0 Å². The van der Waals surface area contributed by atoms with Gasteiger partial charge in [0.25, 0.3) is 0 Å². The van der Waals surface area contributed by atoms with Crippen LogP contribution in [0.4, 0.5) is 0 Å². The van der Waals surface area contributed by atoms with Gasteiger partial charge in [0.15, 0.2) is 0 Å². The third-order valence-electron chi connectivity index (χ3n) is 5.72. The zero-order valence-electron chi connectivity index (χ0n) is 14.2. The average molecular weight is 306 g/mol. The Hall–Kier alpha value is -2.09. The molecule has 4 atom stereocenters. The van der Waals surface area contributed by atoms with Crippen molar-refractivity contribution >= 4 is 17.6 Å². The lowest BCUT2D eigenvalue weighted by molar-refractivity contribution is 0.174. The van der Waals surface area contributed by atoms with E-state index < -0.39 is 0 Å². The van der Waals surface area contributed by atoms with Crippen LogP contribution in [-0.4, -0.2) is 17.7 Å². The van der Waals surface area contributed by atoms with E-state index in [0.29, 0.717) is 5.92 Å². The van der Waals surface area contributed by atoms with Gasteiger partial charge in [-0.15, -0.1) is 6.58 Å². The maximum absolute atomic E-state index is 4.57. The molecule has 1 aliphatic rings. The first-order chi connectivity index (χ1) is 11.0. The quantitative estimate of drug-likeness (QED) is 0.571. The van der Waals surface area contributed by atoms with Crippen LogP contribution in [0.25, 0.3) is 10.9 Å². The van der Waals surface area contributed by atoms with E-state index in [1.165, 1.54) is 22.0 Å². The van der Waals surface area contributed by atoms with Crippen molar-refractivity contribution < 1.29 is 0 Å². The highest BCUT2D eigenvalue weighted by Gasteiger charge is 2.46. The molecule has 0 spiro atoms. The van der Waals surface area contributed by atoms with Crippen LogP contribution in [0.15, 0.2) is 60.3 Å². The van der Waals surface area contributed by atoms with Gasteiger partial charge in [-0.3, -0.25) is 4.99 Å². The summed E-state index contributed by atoms with van der Waals surface area (Å²) in [5.41, 5.74) is 3.73. The van der Waals surface area contributed by atoms with Crippen molar-refractivity contribution in [3.8, 4) is 0 Å². The molecule has 23 heavy (non-hydrogen) atoms. The molecule has 0 saturated heterocycles. The molecule has 2 heteroatoms. The highest BCUT2D eigenvalue weighted by molar-refractivity contribution is 5.84. The van der Waals surface area contributed by atoms with E-state index in [1.54, 1.807) is 0 Å². The summed E-state index contributed by atoms with van der Waals surface area (Å²) in [6.45, 7) is 16.7. The minimum absolute atomic E-state index is 0.0171. The van der Waals surface area contributed by atoms with E-state index in [0.717, 1.165) is 12.8 Å².